The first-order valence-corrected chi connectivity index (χ1v) is 9.41. The Bertz CT molecular complexity index is 941. The molecule has 2 aromatic heterocycles. The molecule has 0 N–H and O–H groups in total. The van der Waals surface area contributed by atoms with Crippen LogP contribution >= 0.6 is 15.9 Å². The summed E-state index contributed by atoms with van der Waals surface area (Å²) in [6.45, 7) is 2.90. The van der Waals surface area contributed by atoms with Crippen molar-refractivity contribution >= 4 is 27.5 Å². The molecule has 0 bridgehead atoms. The third-order valence-corrected chi connectivity index (χ3v) is 5.27. The van der Waals surface area contributed by atoms with Crippen LogP contribution in [0.4, 0.5) is 4.79 Å². The minimum absolute atomic E-state index is 0.0983. The van der Waals surface area contributed by atoms with Gasteiger partial charge in [-0.1, -0.05) is 30.3 Å². The summed E-state index contributed by atoms with van der Waals surface area (Å²) in [6, 6.07) is 9.62. The summed E-state index contributed by atoms with van der Waals surface area (Å²) < 4.78 is 8.30. The molecule has 1 aliphatic rings. The van der Waals surface area contributed by atoms with Crippen molar-refractivity contribution in [2.75, 3.05) is 6.54 Å². The van der Waals surface area contributed by atoms with Crippen LogP contribution in [-0.4, -0.2) is 31.9 Å². The first kappa shape index (κ1) is 17.0. The van der Waals surface area contributed by atoms with E-state index in [1.807, 2.05) is 47.9 Å². The van der Waals surface area contributed by atoms with Crippen LogP contribution in [0.3, 0.4) is 0 Å². The van der Waals surface area contributed by atoms with Crippen molar-refractivity contribution in [2.45, 2.75) is 32.4 Å². The molecular weight excluding hydrogens is 396 g/mol. The summed E-state index contributed by atoms with van der Waals surface area (Å²) in [7, 11) is 0. The summed E-state index contributed by atoms with van der Waals surface area (Å²) in [5, 5.41) is 0. The second-order valence-corrected chi connectivity index (χ2v) is 7.13. The van der Waals surface area contributed by atoms with Crippen molar-refractivity contribution in [1.29, 1.82) is 0 Å². The molecule has 3 heterocycles. The molecule has 7 heteroatoms. The van der Waals surface area contributed by atoms with E-state index < -0.39 is 0 Å². The Balaban J connectivity index is 1.57. The van der Waals surface area contributed by atoms with E-state index >= 15 is 0 Å². The number of likely N-dealkylation sites (tertiary alicyclic amines) is 1. The number of hydrogen-bond acceptors (Lipinski definition) is 4. The summed E-state index contributed by atoms with van der Waals surface area (Å²) in [6.07, 6.45) is 5.15. The first-order valence-electron chi connectivity index (χ1n) is 8.61. The van der Waals surface area contributed by atoms with Crippen molar-refractivity contribution < 1.29 is 9.53 Å². The number of nitrogens with zero attached hydrogens (tertiary/aromatic N) is 4. The zero-order valence-corrected chi connectivity index (χ0v) is 16.0. The highest BCUT2D eigenvalue weighted by molar-refractivity contribution is 9.10. The number of hydrogen-bond donors (Lipinski definition) is 0. The summed E-state index contributed by atoms with van der Waals surface area (Å²) >= 11 is 3.53. The van der Waals surface area contributed by atoms with Crippen LogP contribution in [0.15, 0.2) is 47.3 Å². The van der Waals surface area contributed by atoms with Gasteiger partial charge in [-0.3, -0.25) is 14.3 Å². The predicted molar refractivity (Wildman–Crippen MR) is 101 cm³/mol. The minimum atomic E-state index is -0.296. The number of aromatic nitrogens is 3. The van der Waals surface area contributed by atoms with Gasteiger partial charge >= 0.3 is 6.09 Å². The number of benzene rings is 1. The Morgan fingerprint density at radius 3 is 2.96 bits per heavy atom. The molecule has 134 valence electrons. The van der Waals surface area contributed by atoms with E-state index in [1.54, 1.807) is 11.1 Å². The average Bonchev–Trinajstić information content (AvgIpc) is 3.26. The number of carbonyl (C=O) groups is 1. The van der Waals surface area contributed by atoms with Crippen molar-refractivity contribution in [3.8, 4) is 0 Å². The maximum atomic E-state index is 12.7. The molecule has 4 rings (SSSR count). The lowest BCUT2D eigenvalue weighted by Crippen LogP contribution is -2.32. The number of ether oxygens (including phenoxy) is 1. The largest absolute Gasteiger partial charge is 0.445 e. The Morgan fingerprint density at radius 2 is 2.15 bits per heavy atom. The van der Waals surface area contributed by atoms with Crippen LogP contribution in [0.5, 0.6) is 0 Å². The molecule has 1 fully saturated rings. The Labute approximate surface area is 159 Å². The highest BCUT2D eigenvalue weighted by Crippen LogP contribution is 2.34. The van der Waals surface area contributed by atoms with Gasteiger partial charge in [-0.2, -0.15) is 0 Å². The topological polar surface area (TPSA) is 59.7 Å². The maximum absolute atomic E-state index is 12.7. The second kappa shape index (κ2) is 7.07. The fourth-order valence-corrected chi connectivity index (χ4v) is 4.12. The van der Waals surface area contributed by atoms with Crippen LogP contribution in [0.25, 0.3) is 5.52 Å². The highest BCUT2D eigenvalue weighted by atomic mass is 79.9. The van der Waals surface area contributed by atoms with Crippen LogP contribution in [0.2, 0.25) is 0 Å². The monoisotopic (exact) mass is 414 g/mol. The van der Waals surface area contributed by atoms with Crippen LogP contribution in [-0.2, 0) is 11.3 Å². The molecule has 1 saturated heterocycles. The molecule has 0 aliphatic carbocycles. The smallest absolute Gasteiger partial charge is 0.410 e. The number of halogens is 1. The fraction of sp³-hybridized carbons (Fsp3) is 0.316. The summed E-state index contributed by atoms with van der Waals surface area (Å²) in [5.74, 6) is 0.839. The van der Waals surface area contributed by atoms with E-state index in [1.165, 1.54) is 0 Å². The number of carbonyl (C=O) groups excluding carboxylic acids is 1. The van der Waals surface area contributed by atoms with Crippen LogP contribution < -0.4 is 0 Å². The van der Waals surface area contributed by atoms with Crippen molar-refractivity contribution in [3.63, 3.8) is 0 Å². The normalized spacial score (nSPS) is 17.0. The van der Waals surface area contributed by atoms with Crippen molar-refractivity contribution in [3.05, 3.63) is 64.4 Å². The van der Waals surface area contributed by atoms with E-state index in [4.69, 9.17) is 4.74 Å². The molecular formula is C19H19BrN4O2. The van der Waals surface area contributed by atoms with Gasteiger partial charge < -0.3 is 4.74 Å². The van der Waals surface area contributed by atoms with Gasteiger partial charge in [-0.25, -0.2) is 9.78 Å². The van der Waals surface area contributed by atoms with Gasteiger partial charge in [-0.15, -0.1) is 0 Å². The van der Waals surface area contributed by atoms with Gasteiger partial charge in [0.25, 0.3) is 0 Å². The van der Waals surface area contributed by atoms with E-state index in [0.717, 1.165) is 40.0 Å². The summed E-state index contributed by atoms with van der Waals surface area (Å²) in [4.78, 5) is 23.4. The molecule has 26 heavy (non-hydrogen) atoms. The third-order valence-electron chi connectivity index (χ3n) is 4.71. The van der Waals surface area contributed by atoms with Gasteiger partial charge in [0.1, 0.15) is 22.6 Å². The van der Waals surface area contributed by atoms with Gasteiger partial charge in [-0.05, 0) is 41.3 Å². The second-order valence-electron chi connectivity index (χ2n) is 6.38. The SMILES string of the molecule is Cc1nccn2c(C3CCCN3C(=O)OCc3ccccc3)nc(Br)c12. The average molecular weight is 415 g/mol. The lowest BCUT2D eigenvalue weighted by atomic mass is 10.2. The molecule has 1 aliphatic heterocycles. The van der Waals surface area contributed by atoms with Crippen LogP contribution in [0.1, 0.15) is 36.0 Å². The van der Waals surface area contributed by atoms with Gasteiger partial charge in [0.2, 0.25) is 0 Å². The number of amides is 1. The van der Waals surface area contributed by atoms with E-state index in [0.29, 0.717) is 6.54 Å². The number of aryl methyl sites for hydroxylation is 1. The first-order chi connectivity index (χ1) is 12.6. The van der Waals surface area contributed by atoms with E-state index in [2.05, 4.69) is 25.9 Å². The predicted octanol–water partition coefficient (Wildman–Crippen LogP) is 4.27. The zero-order chi connectivity index (χ0) is 18.1. The quantitative estimate of drug-likeness (QED) is 0.641. The van der Waals surface area contributed by atoms with E-state index in [9.17, 15) is 4.79 Å². The maximum Gasteiger partial charge on any atom is 0.410 e. The highest BCUT2D eigenvalue weighted by Gasteiger charge is 2.34. The number of fused-ring (bicyclic) bond motifs is 1. The molecule has 0 saturated carbocycles. The van der Waals surface area contributed by atoms with Crippen molar-refractivity contribution in [1.82, 2.24) is 19.3 Å². The number of imidazole rings is 1. The molecule has 1 amide bonds. The summed E-state index contributed by atoms with van der Waals surface area (Å²) in [5.41, 5.74) is 2.81. The molecule has 0 spiro atoms. The Hall–Kier alpha value is -2.41. The van der Waals surface area contributed by atoms with E-state index in [-0.39, 0.29) is 18.7 Å². The zero-order valence-electron chi connectivity index (χ0n) is 14.4. The lowest BCUT2D eigenvalue weighted by Gasteiger charge is -2.23. The van der Waals surface area contributed by atoms with Crippen molar-refractivity contribution in [2.24, 2.45) is 0 Å². The third kappa shape index (κ3) is 3.07. The van der Waals surface area contributed by atoms with Crippen LogP contribution in [0, 0.1) is 6.92 Å². The minimum Gasteiger partial charge on any atom is -0.445 e. The molecule has 6 nitrogen and oxygen atoms in total. The van der Waals surface area contributed by atoms with Gasteiger partial charge in [0.05, 0.1) is 11.7 Å². The Kier molecular flexibility index (Phi) is 4.63. The standard InChI is InChI=1S/C19H19BrN4O2/c1-13-16-17(20)22-18(24(16)11-9-21-13)15-8-5-10-23(15)19(25)26-12-14-6-3-2-4-7-14/h2-4,6-7,9,11,15H,5,8,10,12H2,1H3. The molecule has 1 atom stereocenters. The molecule has 0 radical (unpaired) electrons. The fourth-order valence-electron chi connectivity index (χ4n) is 3.46. The molecule has 3 aromatic rings. The molecule has 1 unspecified atom stereocenters. The molecule has 1 aromatic carbocycles. The number of rotatable bonds is 3. The lowest BCUT2D eigenvalue weighted by molar-refractivity contribution is 0.0907. The Morgan fingerprint density at radius 1 is 1.35 bits per heavy atom. The van der Waals surface area contributed by atoms with Gasteiger partial charge in [0.15, 0.2) is 0 Å². The van der Waals surface area contributed by atoms with Gasteiger partial charge in [0, 0.05) is 18.9 Å².